The highest BCUT2D eigenvalue weighted by molar-refractivity contribution is 7.21. The van der Waals surface area contributed by atoms with Crippen molar-refractivity contribution in [1.82, 2.24) is 4.57 Å². The Bertz CT molecular complexity index is 3810. The van der Waals surface area contributed by atoms with Crippen LogP contribution in [0.5, 0.6) is 0 Å². The second-order valence-corrected chi connectivity index (χ2v) is 22.5. The van der Waals surface area contributed by atoms with Gasteiger partial charge < -0.3 is 14.4 Å². The van der Waals surface area contributed by atoms with Crippen LogP contribution in [-0.4, -0.2) is 12.6 Å². The van der Waals surface area contributed by atoms with Gasteiger partial charge in [-0.15, -0.1) is 0 Å². The van der Waals surface area contributed by atoms with Crippen LogP contribution in [0.2, 0.25) is 0 Å². The molecule has 0 aliphatic carbocycles. The van der Waals surface area contributed by atoms with Crippen molar-refractivity contribution in [1.29, 1.82) is 0 Å². The fraction of sp³-hybridized carbons (Fsp3) is 0.0149. The smallest absolute Gasteiger partial charge is 0.184 e. The van der Waals surface area contributed by atoms with Crippen LogP contribution in [0.4, 0.5) is 34.1 Å². The maximum absolute atomic E-state index is 2.77. The molecule has 4 heteroatoms. The summed E-state index contributed by atoms with van der Waals surface area (Å²) in [4.78, 5) is 4.97. The quantitative estimate of drug-likeness (QED) is 0.148. The molecule has 0 saturated heterocycles. The van der Waals surface area contributed by atoms with Gasteiger partial charge in [0.15, 0.2) is 8.07 Å². The molecule has 0 radical (unpaired) electrons. The lowest BCUT2D eigenvalue weighted by Gasteiger charge is -2.47. The van der Waals surface area contributed by atoms with Crippen molar-refractivity contribution >= 4 is 84.8 Å². The van der Waals surface area contributed by atoms with Gasteiger partial charge in [-0.25, -0.2) is 0 Å². The van der Waals surface area contributed by atoms with Crippen molar-refractivity contribution in [2.75, 3.05) is 9.80 Å². The van der Waals surface area contributed by atoms with E-state index in [0.29, 0.717) is 0 Å². The third kappa shape index (κ3) is 5.95. The molecule has 0 atom stereocenters. The Labute approximate surface area is 415 Å². The minimum Gasteiger partial charge on any atom is -0.311 e. The van der Waals surface area contributed by atoms with Crippen molar-refractivity contribution in [2.45, 2.75) is 5.41 Å². The van der Waals surface area contributed by atoms with Crippen LogP contribution in [0.1, 0.15) is 22.3 Å². The van der Waals surface area contributed by atoms with Crippen molar-refractivity contribution in [2.24, 2.45) is 0 Å². The summed E-state index contributed by atoms with van der Waals surface area (Å²) in [6, 6.07) is 106. The zero-order valence-electron chi connectivity index (χ0n) is 39.0. The first-order valence-corrected chi connectivity index (χ1v) is 26.6. The van der Waals surface area contributed by atoms with Gasteiger partial charge in [-0.05, 0) is 122 Å². The van der Waals surface area contributed by atoms with E-state index >= 15 is 0 Å². The lowest BCUT2D eigenvalue weighted by Crippen LogP contribution is -2.77. The number of fused-ring (bicyclic) bond motifs is 7. The van der Waals surface area contributed by atoms with E-state index in [1.54, 1.807) is 0 Å². The van der Waals surface area contributed by atoms with Crippen LogP contribution in [0.15, 0.2) is 285 Å². The molecule has 0 saturated carbocycles. The van der Waals surface area contributed by atoms with E-state index in [-0.39, 0.29) is 0 Å². The molecule has 11 aromatic carbocycles. The number of aromatic nitrogens is 1. The summed E-state index contributed by atoms with van der Waals surface area (Å²) < 4.78 is 2.41. The molecule has 1 aromatic heterocycles. The Morgan fingerprint density at radius 3 is 1.27 bits per heavy atom. The third-order valence-electron chi connectivity index (χ3n) is 15.3. The van der Waals surface area contributed by atoms with Crippen molar-refractivity contribution in [3.63, 3.8) is 0 Å². The molecule has 3 heterocycles. The van der Waals surface area contributed by atoms with Crippen LogP contribution in [0.3, 0.4) is 0 Å². The second kappa shape index (κ2) is 16.3. The van der Waals surface area contributed by atoms with E-state index in [1.165, 1.54) is 76.2 Å². The molecule has 0 spiro atoms. The highest BCUT2D eigenvalue weighted by Gasteiger charge is 2.50. The largest absolute Gasteiger partial charge is 0.311 e. The third-order valence-corrected chi connectivity index (χ3v) is 20.2. The van der Waals surface area contributed by atoms with Gasteiger partial charge in [-0.3, -0.25) is 0 Å². The summed E-state index contributed by atoms with van der Waals surface area (Å²) in [7, 11) is -2.77. The number of hydrogen-bond donors (Lipinski definition) is 0. The number of benzene rings is 11. The van der Waals surface area contributed by atoms with Crippen LogP contribution in [0, 0.1) is 0 Å². The maximum Gasteiger partial charge on any atom is 0.184 e. The zero-order valence-corrected chi connectivity index (χ0v) is 40.0. The lowest BCUT2D eigenvalue weighted by atomic mass is 9.62. The Morgan fingerprint density at radius 1 is 0.282 bits per heavy atom. The van der Waals surface area contributed by atoms with Crippen LogP contribution in [0.25, 0.3) is 27.5 Å². The SMILES string of the molecule is c1ccc(N2c3ccccc3C(c3ccc(N4c5ccccc5[Si](c5ccccc5)(c5ccccc5)c5ccccc54)cc3)(c3ccc4c(c3)c3ccccc3n4-c3ccccc3)c3ccccc32)cc1. The Kier molecular flexibility index (Phi) is 9.45. The molecule has 12 aromatic rings. The second-order valence-electron chi connectivity index (χ2n) is 18.8. The van der Waals surface area contributed by atoms with E-state index in [0.717, 1.165) is 28.4 Å². The molecule has 14 rings (SSSR count). The first-order chi connectivity index (χ1) is 35.3. The summed E-state index contributed by atoms with van der Waals surface area (Å²) in [5, 5.41) is 7.99. The van der Waals surface area contributed by atoms with E-state index in [2.05, 4.69) is 299 Å². The molecule has 0 N–H and O–H groups in total. The molecule has 71 heavy (non-hydrogen) atoms. The molecule has 0 fully saturated rings. The Morgan fingerprint density at radius 2 is 0.690 bits per heavy atom. The van der Waals surface area contributed by atoms with Gasteiger partial charge in [0.25, 0.3) is 0 Å². The Balaban J connectivity index is 1.02. The molecular formula is C67H47N3Si. The molecule has 0 bridgehead atoms. The Hall–Kier alpha value is -8.96. The van der Waals surface area contributed by atoms with E-state index < -0.39 is 13.5 Å². The molecular weight excluding hydrogens is 875 g/mol. The summed E-state index contributed by atoms with van der Waals surface area (Å²) in [6.45, 7) is 0. The van der Waals surface area contributed by atoms with E-state index in [1.807, 2.05) is 0 Å². The van der Waals surface area contributed by atoms with Gasteiger partial charge >= 0.3 is 0 Å². The number of hydrogen-bond acceptors (Lipinski definition) is 2. The van der Waals surface area contributed by atoms with Crippen molar-refractivity contribution in [3.8, 4) is 5.69 Å². The summed E-state index contributed by atoms with van der Waals surface area (Å²) in [5.41, 5.74) is 14.7. The fourth-order valence-electron chi connectivity index (χ4n) is 12.5. The lowest BCUT2D eigenvalue weighted by molar-refractivity contribution is 0.732. The minimum absolute atomic E-state index is 0.707. The fourth-order valence-corrected chi connectivity index (χ4v) is 17.6. The molecule has 2 aliphatic rings. The summed E-state index contributed by atoms with van der Waals surface area (Å²) in [6.07, 6.45) is 0. The minimum atomic E-state index is -2.77. The monoisotopic (exact) mass is 921 g/mol. The molecule has 0 amide bonds. The summed E-state index contributed by atoms with van der Waals surface area (Å²) >= 11 is 0. The zero-order chi connectivity index (χ0) is 46.9. The van der Waals surface area contributed by atoms with Crippen molar-refractivity contribution < 1.29 is 0 Å². The highest BCUT2D eigenvalue weighted by Crippen LogP contribution is 2.58. The normalized spacial score (nSPS) is 14.1. The van der Waals surface area contributed by atoms with Gasteiger partial charge in [0, 0.05) is 39.2 Å². The average molecular weight is 922 g/mol. The number of nitrogens with zero attached hydrogens (tertiary/aromatic N) is 3. The maximum atomic E-state index is 2.52. The van der Waals surface area contributed by atoms with E-state index in [4.69, 9.17) is 0 Å². The van der Waals surface area contributed by atoms with Crippen LogP contribution < -0.4 is 30.5 Å². The first kappa shape index (κ1) is 41.0. The standard InChI is InChI=1S/C67H47N3Si/c1-5-23-50(24-6-1)68-59-34-16-13-31-55(59)56-47-49(43-46-60(56)68)67(57-32-14-17-35-61(57)69(51-25-7-2-8-26-51)62-36-18-15-33-58(62)67)48-41-44-52(45-42-48)70-63-37-19-21-39-65(63)71(53-27-9-3-10-28-53,54-29-11-4-12-30-54)66-40-22-20-38-64(66)70/h1-47H. The van der Waals surface area contributed by atoms with Crippen molar-refractivity contribution in [3.05, 3.63) is 307 Å². The molecule has 3 nitrogen and oxygen atoms in total. The van der Waals surface area contributed by atoms with Gasteiger partial charge in [0.2, 0.25) is 0 Å². The van der Waals surface area contributed by atoms with Gasteiger partial charge in [-0.2, -0.15) is 0 Å². The van der Waals surface area contributed by atoms with Gasteiger partial charge in [-0.1, -0.05) is 206 Å². The number of anilines is 6. The average Bonchev–Trinajstić information content (AvgIpc) is 3.78. The first-order valence-electron chi connectivity index (χ1n) is 24.6. The molecule has 2 aliphatic heterocycles. The highest BCUT2D eigenvalue weighted by atomic mass is 28.3. The van der Waals surface area contributed by atoms with Crippen LogP contribution in [-0.2, 0) is 5.41 Å². The topological polar surface area (TPSA) is 11.4 Å². The predicted octanol–water partition coefficient (Wildman–Crippen LogP) is 14.1. The van der Waals surface area contributed by atoms with E-state index in [9.17, 15) is 0 Å². The van der Waals surface area contributed by atoms with Gasteiger partial charge in [0.05, 0.1) is 27.8 Å². The summed E-state index contributed by atoms with van der Waals surface area (Å²) in [5.74, 6) is 0. The van der Waals surface area contributed by atoms with Crippen LogP contribution >= 0.6 is 0 Å². The molecule has 334 valence electrons. The number of para-hydroxylation sites is 7. The predicted molar refractivity (Wildman–Crippen MR) is 299 cm³/mol. The molecule has 0 unspecified atom stereocenters. The number of rotatable bonds is 7. The van der Waals surface area contributed by atoms with Gasteiger partial charge in [0.1, 0.15) is 0 Å².